The number of rotatable bonds is 6. The van der Waals surface area contributed by atoms with E-state index in [0.717, 1.165) is 21.5 Å². The minimum atomic E-state index is -0.397. The zero-order valence-corrected chi connectivity index (χ0v) is 15.7. The first-order valence-corrected chi connectivity index (χ1v) is 9.11. The largest absolute Gasteiger partial charge is 0.494 e. The Hall–Kier alpha value is -3.19. The number of esters is 1. The predicted molar refractivity (Wildman–Crippen MR) is 106 cm³/mol. The lowest BCUT2D eigenvalue weighted by Gasteiger charge is -2.00. The van der Waals surface area contributed by atoms with Crippen molar-refractivity contribution in [2.75, 3.05) is 19.0 Å². The lowest BCUT2D eigenvalue weighted by Crippen LogP contribution is -2.07. The van der Waals surface area contributed by atoms with Gasteiger partial charge in [-0.25, -0.2) is 9.78 Å². The third-order valence-electron chi connectivity index (χ3n) is 3.66. The first-order chi connectivity index (χ1) is 13.1. The highest BCUT2D eigenvalue weighted by atomic mass is 32.1. The Labute approximate surface area is 160 Å². The van der Waals surface area contributed by atoms with E-state index in [2.05, 4.69) is 15.0 Å². The van der Waals surface area contributed by atoms with E-state index in [0.29, 0.717) is 17.3 Å². The molecular weight excluding hydrogens is 364 g/mol. The first-order valence-electron chi connectivity index (χ1n) is 8.30. The number of nitrogens with one attached hydrogen (secondary N) is 1. The quantitative estimate of drug-likeness (QED) is 0.512. The van der Waals surface area contributed by atoms with Gasteiger partial charge < -0.3 is 9.47 Å². The number of ether oxygens (including phenoxy) is 2. The van der Waals surface area contributed by atoms with Gasteiger partial charge in [-0.3, -0.25) is 10.1 Å². The van der Waals surface area contributed by atoms with Crippen LogP contribution in [0, 0.1) is 0 Å². The van der Waals surface area contributed by atoms with Crippen molar-refractivity contribution in [2.24, 2.45) is 0 Å². The molecule has 1 N–H and O–H groups in total. The minimum Gasteiger partial charge on any atom is -0.494 e. The van der Waals surface area contributed by atoms with E-state index < -0.39 is 5.97 Å². The smallest absolute Gasteiger partial charge is 0.337 e. The van der Waals surface area contributed by atoms with Crippen LogP contribution in [0.1, 0.15) is 22.8 Å². The van der Waals surface area contributed by atoms with Gasteiger partial charge in [0.25, 0.3) is 0 Å². The number of hydrogen-bond donors (Lipinski definition) is 1. The molecule has 6 nitrogen and oxygen atoms in total. The van der Waals surface area contributed by atoms with Gasteiger partial charge in [0, 0.05) is 6.08 Å². The molecule has 0 spiro atoms. The Morgan fingerprint density at radius 2 is 1.96 bits per heavy atom. The Bertz CT molecular complexity index is 993. The maximum atomic E-state index is 12.1. The SMILES string of the molecule is CCOc1ccc2nc(NC(=O)/C=C/c3ccc(C(=O)OC)cc3)sc2c1. The van der Waals surface area contributed by atoms with Crippen LogP contribution in [0.3, 0.4) is 0 Å². The third-order valence-corrected chi connectivity index (χ3v) is 4.59. The van der Waals surface area contributed by atoms with Gasteiger partial charge in [-0.15, -0.1) is 0 Å². The van der Waals surface area contributed by atoms with E-state index in [9.17, 15) is 9.59 Å². The lowest BCUT2D eigenvalue weighted by atomic mass is 10.1. The molecule has 0 radical (unpaired) electrons. The Morgan fingerprint density at radius 1 is 1.19 bits per heavy atom. The van der Waals surface area contributed by atoms with Crippen molar-refractivity contribution in [1.82, 2.24) is 4.98 Å². The van der Waals surface area contributed by atoms with E-state index in [4.69, 9.17) is 4.74 Å². The van der Waals surface area contributed by atoms with Gasteiger partial charge in [0.2, 0.25) is 5.91 Å². The Morgan fingerprint density at radius 3 is 2.67 bits per heavy atom. The van der Waals surface area contributed by atoms with Crippen molar-refractivity contribution < 1.29 is 19.1 Å². The second-order valence-corrected chi connectivity index (χ2v) is 6.55. The number of hydrogen-bond acceptors (Lipinski definition) is 6. The number of benzene rings is 2. The van der Waals surface area contributed by atoms with Gasteiger partial charge in [-0.2, -0.15) is 0 Å². The molecular formula is C20H18N2O4S. The molecule has 3 aromatic rings. The van der Waals surface area contributed by atoms with E-state index in [-0.39, 0.29) is 5.91 Å². The highest BCUT2D eigenvalue weighted by Gasteiger charge is 2.07. The van der Waals surface area contributed by atoms with Crippen molar-refractivity contribution in [3.63, 3.8) is 0 Å². The van der Waals surface area contributed by atoms with E-state index in [1.165, 1.54) is 24.5 Å². The van der Waals surface area contributed by atoms with Crippen LogP contribution >= 0.6 is 11.3 Å². The van der Waals surface area contributed by atoms with Crippen LogP contribution in [0.5, 0.6) is 5.75 Å². The second-order valence-electron chi connectivity index (χ2n) is 5.52. The number of carbonyl (C=O) groups excluding carboxylic acids is 2. The van der Waals surface area contributed by atoms with Crippen molar-refractivity contribution in [3.8, 4) is 5.75 Å². The van der Waals surface area contributed by atoms with Crippen LogP contribution in [0.2, 0.25) is 0 Å². The summed E-state index contributed by atoms with van der Waals surface area (Å²) < 4.78 is 11.1. The zero-order chi connectivity index (χ0) is 19.2. The summed E-state index contributed by atoms with van der Waals surface area (Å²) >= 11 is 1.39. The summed E-state index contributed by atoms with van der Waals surface area (Å²) in [6.45, 7) is 2.52. The molecule has 3 rings (SSSR count). The molecule has 0 unspecified atom stereocenters. The van der Waals surface area contributed by atoms with Crippen LogP contribution in [0.25, 0.3) is 16.3 Å². The summed E-state index contributed by atoms with van der Waals surface area (Å²) in [5, 5.41) is 3.28. The average molecular weight is 382 g/mol. The summed E-state index contributed by atoms with van der Waals surface area (Å²) in [7, 11) is 1.33. The van der Waals surface area contributed by atoms with Gasteiger partial charge in [-0.1, -0.05) is 23.5 Å². The van der Waals surface area contributed by atoms with E-state index in [1.54, 1.807) is 30.3 Å². The standard InChI is InChI=1S/C20H18N2O4S/c1-3-26-15-9-10-16-17(12-15)27-20(21-16)22-18(23)11-6-13-4-7-14(8-5-13)19(24)25-2/h4-12H,3H2,1-2H3,(H,21,22,23)/b11-6+. The minimum absolute atomic E-state index is 0.281. The molecule has 0 saturated heterocycles. The predicted octanol–water partition coefficient (Wildman–Crippen LogP) is 4.13. The van der Waals surface area contributed by atoms with Crippen molar-refractivity contribution >= 4 is 44.6 Å². The fourth-order valence-electron chi connectivity index (χ4n) is 2.38. The fraction of sp³-hybridized carbons (Fsp3) is 0.150. The number of fused-ring (bicyclic) bond motifs is 1. The van der Waals surface area contributed by atoms with Gasteiger partial charge in [-0.05, 0) is 48.9 Å². The van der Waals surface area contributed by atoms with Gasteiger partial charge in [0.1, 0.15) is 5.75 Å². The van der Waals surface area contributed by atoms with Crippen LogP contribution < -0.4 is 10.1 Å². The topological polar surface area (TPSA) is 77.5 Å². The molecule has 2 aromatic carbocycles. The normalized spacial score (nSPS) is 10.9. The maximum Gasteiger partial charge on any atom is 0.337 e. The molecule has 1 aromatic heterocycles. The second kappa shape index (κ2) is 8.46. The first kappa shape index (κ1) is 18.6. The van der Waals surface area contributed by atoms with Gasteiger partial charge in [0.15, 0.2) is 5.13 Å². The number of aromatic nitrogens is 1. The zero-order valence-electron chi connectivity index (χ0n) is 14.9. The van der Waals surface area contributed by atoms with Gasteiger partial charge >= 0.3 is 5.97 Å². The van der Waals surface area contributed by atoms with Crippen molar-refractivity contribution in [1.29, 1.82) is 0 Å². The number of anilines is 1. The summed E-state index contributed by atoms with van der Waals surface area (Å²) in [5.41, 5.74) is 2.06. The number of thiazole rings is 1. The molecule has 27 heavy (non-hydrogen) atoms. The summed E-state index contributed by atoms with van der Waals surface area (Å²) in [6, 6.07) is 12.4. The molecule has 0 bridgehead atoms. The monoisotopic (exact) mass is 382 g/mol. The van der Waals surface area contributed by atoms with Crippen molar-refractivity contribution in [2.45, 2.75) is 6.92 Å². The highest BCUT2D eigenvalue weighted by molar-refractivity contribution is 7.22. The molecule has 0 fully saturated rings. The Kier molecular flexibility index (Phi) is 5.83. The molecule has 0 aliphatic carbocycles. The third kappa shape index (κ3) is 4.71. The molecule has 0 saturated carbocycles. The number of carbonyl (C=O) groups is 2. The molecule has 0 aliphatic rings. The van der Waals surface area contributed by atoms with Crippen LogP contribution in [0.4, 0.5) is 5.13 Å². The molecule has 1 heterocycles. The summed E-state index contributed by atoms with van der Waals surface area (Å²) in [6.07, 6.45) is 3.09. The van der Waals surface area contributed by atoms with E-state index >= 15 is 0 Å². The highest BCUT2D eigenvalue weighted by Crippen LogP contribution is 2.29. The average Bonchev–Trinajstić information content (AvgIpc) is 3.08. The fourth-order valence-corrected chi connectivity index (χ4v) is 3.28. The van der Waals surface area contributed by atoms with Crippen LogP contribution in [-0.4, -0.2) is 30.6 Å². The number of nitrogens with zero attached hydrogens (tertiary/aromatic N) is 1. The number of methoxy groups -OCH3 is 1. The number of amides is 1. The molecule has 138 valence electrons. The van der Waals surface area contributed by atoms with E-state index in [1.807, 2.05) is 25.1 Å². The molecule has 7 heteroatoms. The summed E-state index contributed by atoms with van der Waals surface area (Å²) in [5.74, 6) is 0.101. The maximum absolute atomic E-state index is 12.1. The van der Waals surface area contributed by atoms with Gasteiger partial charge in [0.05, 0.1) is 29.5 Å². The van der Waals surface area contributed by atoms with Crippen molar-refractivity contribution in [3.05, 3.63) is 59.7 Å². The summed E-state index contributed by atoms with van der Waals surface area (Å²) in [4.78, 5) is 27.9. The molecule has 1 amide bonds. The van der Waals surface area contributed by atoms with Crippen LogP contribution in [0.15, 0.2) is 48.5 Å². The molecule has 0 atom stereocenters. The lowest BCUT2D eigenvalue weighted by molar-refractivity contribution is -0.111. The van der Waals surface area contributed by atoms with Crippen LogP contribution in [-0.2, 0) is 9.53 Å². The molecule has 0 aliphatic heterocycles. The Balaban J connectivity index is 1.65.